The van der Waals surface area contributed by atoms with E-state index in [1.807, 2.05) is 31.2 Å². The van der Waals surface area contributed by atoms with Crippen molar-refractivity contribution in [3.63, 3.8) is 0 Å². The van der Waals surface area contributed by atoms with Crippen LogP contribution in [-0.2, 0) is 4.79 Å². The first-order valence-corrected chi connectivity index (χ1v) is 10.2. The van der Waals surface area contributed by atoms with Crippen LogP contribution in [0.5, 0.6) is 11.5 Å². The van der Waals surface area contributed by atoms with Crippen molar-refractivity contribution in [3.8, 4) is 22.9 Å². The molecule has 2 atom stereocenters. The van der Waals surface area contributed by atoms with Gasteiger partial charge in [0.1, 0.15) is 22.7 Å². The average Bonchev–Trinajstić information content (AvgIpc) is 3.27. The van der Waals surface area contributed by atoms with Crippen molar-refractivity contribution in [2.24, 2.45) is 17.6 Å². The van der Waals surface area contributed by atoms with E-state index in [4.69, 9.17) is 15.2 Å². The number of carbonyl (C=O) groups is 1. The molecule has 1 aromatic heterocycles. The highest BCUT2D eigenvalue weighted by Crippen LogP contribution is 2.31. The summed E-state index contributed by atoms with van der Waals surface area (Å²) in [5.41, 5.74) is 7.55. The van der Waals surface area contributed by atoms with E-state index >= 15 is 0 Å². The van der Waals surface area contributed by atoms with Gasteiger partial charge >= 0.3 is 0 Å². The SMILES string of the molecule is COc1cc(OC)c2c(=O)[nH]c(-c3ccc(N4CCC(C(C)C(N)=O)C4)cc3)nc2c1. The van der Waals surface area contributed by atoms with Crippen LogP contribution < -0.4 is 25.7 Å². The van der Waals surface area contributed by atoms with Gasteiger partial charge in [-0.1, -0.05) is 6.92 Å². The van der Waals surface area contributed by atoms with Crippen molar-refractivity contribution in [2.45, 2.75) is 13.3 Å². The average molecular weight is 422 g/mol. The highest BCUT2D eigenvalue weighted by atomic mass is 16.5. The van der Waals surface area contributed by atoms with Crippen LogP contribution >= 0.6 is 0 Å². The molecule has 8 heteroatoms. The fourth-order valence-corrected chi connectivity index (χ4v) is 4.12. The second-order valence-corrected chi connectivity index (χ2v) is 7.87. The Morgan fingerprint density at radius 1 is 1.23 bits per heavy atom. The number of primary amides is 1. The number of carbonyl (C=O) groups excluding carboxylic acids is 1. The Morgan fingerprint density at radius 2 is 1.97 bits per heavy atom. The number of nitrogens with two attached hydrogens (primary N) is 1. The van der Waals surface area contributed by atoms with E-state index in [-0.39, 0.29) is 23.3 Å². The van der Waals surface area contributed by atoms with E-state index in [2.05, 4.69) is 14.9 Å². The maximum atomic E-state index is 12.7. The van der Waals surface area contributed by atoms with E-state index < -0.39 is 0 Å². The first-order valence-electron chi connectivity index (χ1n) is 10.2. The van der Waals surface area contributed by atoms with Crippen LogP contribution in [0.25, 0.3) is 22.3 Å². The first kappa shape index (κ1) is 20.7. The lowest BCUT2D eigenvalue weighted by molar-refractivity contribution is -0.122. The van der Waals surface area contributed by atoms with Crippen LogP contribution in [0.4, 0.5) is 5.69 Å². The number of methoxy groups -OCH3 is 2. The fraction of sp³-hybridized carbons (Fsp3) is 0.348. The molecule has 3 N–H and O–H groups in total. The van der Waals surface area contributed by atoms with Gasteiger partial charge in [-0.05, 0) is 36.6 Å². The third kappa shape index (κ3) is 3.93. The third-order valence-electron chi connectivity index (χ3n) is 6.09. The topological polar surface area (TPSA) is 111 Å². The summed E-state index contributed by atoms with van der Waals surface area (Å²) in [5.74, 6) is 1.34. The normalized spacial score (nSPS) is 17.0. The van der Waals surface area contributed by atoms with Crippen molar-refractivity contribution >= 4 is 22.5 Å². The van der Waals surface area contributed by atoms with Gasteiger partial charge in [0, 0.05) is 42.4 Å². The quantitative estimate of drug-likeness (QED) is 0.632. The molecule has 162 valence electrons. The summed E-state index contributed by atoms with van der Waals surface area (Å²) >= 11 is 0. The Labute approximate surface area is 180 Å². The molecule has 0 saturated carbocycles. The Morgan fingerprint density at radius 3 is 2.61 bits per heavy atom. The van der Waals surface area contributed by atoms with Crippen LogP contribution in [-0.4, -0.2) is 43.2 Å². The smallest absolute Gasteiger partial charge is 0.262 e. The number of aromatic nitrogens is 2. The molecule has 0 bridgehead atoms. The Bertz CT molecular complexity index is 1170. The molecule has 4 rings (SSSR count). The molecule has 1 saturated heterocycles. The predicted molar refractivity (Wildman–Crippen MR) is 120 cm³/mol. The summed E-state index contributed by atoms with van der Waals surface area (Å²) in [6.45, 7) is 3.58. The number of H-pyrrole nitrogens is 1. The van der Waals surface area contributed by atoms with Gasteiger partial charge in [-0.3, -0.25) is 9.59 Å². The van der Waals surface area contributed by atoms with Crippen molar-refractivity contribution in [2.75, 3.05) is 32.2 Å². The van der Waals surface area contributed by atoms with Gasteiger partial charge in [0.15, 0.2) is 0 Å². The molecule has 1 fully saturated rings. The number of hydrogen-bond acceptors (Lipinski definition) is 6. The highest BCUT2D eigenvalue weighted by Gasteiger charge is 2.29. The van der Waals surface area contributed by atoms with Crippen molar-refractivity contribution in [1.82, 2.24) is 9.97 Å². The Kier molecular flexibility index (Phi) is 5.54. The number of anilines is 1. The van der Waals surface area contributed by atoms with Gasteiger partial charge in [0.2, 0.25) is 5.91 Å². The van der Waals surface area contributed by atoms with Gasteiger partial charge in [-0.2, -0.15) is 0 Å². The molecule has 2 aromatic carbocycles. The summed E-state index contributed by atoms with van der Waals surface area (Å²) < 4.78 is 10.6. The zero-order chi connectivity index (χ0) is 22.1. The van der Waals surface area contributed by atoms with Crippen molar-refractivity contribution in [1.29, 1.82) is 0 Å². The molecule has 3 aromatic rings. The minimum absolute atomic E-state index is 0.134. The molecule has 31 heavy (non-hydrogen) atoms. The number of nitrogens with zero attached hydrogens (tertiary/aromatic N) is 2. The molecule has 2 heterocycles. The molecular formula is C23H26N4O4. The van der Waals surface area contributed by atoms with Gasteiger partial charge in [0.05, 0.1) is 19.7 Å². The van der Waals surface area contributed by atoms with E-state index in [0.29, 0.717) is 28.2 Å². The minimum atomic E-state index is -0.272. The maximum absolute atomic E-state index is 12.7. The summed E-state index contributed by atoms with van der Waals surface area (Å²) in [7, 11) is 3.06. The number of nitrogens with one attached hydrogen (secondary N) is 1. The summed E-state index contributed by atoms with van der Waals surface area (Å²) in [5, 5.41) is 0.385. The second kappa shape index (κ2) is 8.29. The number of amides is 1. The molecule has 1 aliphatic heterocycles. The lowest BCUT2D eigenvalue weighted by Gasteiger charge is -2.20. The molecule has 1 amide bonds. The fourth-order valence-electron chi connectivity index (χ4n) is 4.12. The molecule has 0 spiro atoms. The molecule has 0 aliphatic carbocycles. The number of benzene rings is 2. The van der Waals surface area contributed by atoms with E-state index in [9.17, 15) is 9.59 Å². The van der Waals surface area contributed by atoms with Gasteiger partial charge in [-0.25, -0.2) is 4.98 Å². The van der Waals surface area contributed by atoms with Crippen LogP contribution in [0.3, 0.4) is 0 Å². The Hall–Kier alpha value is -3.55. The monoisotopic (exact) mass is 422 g/mol. The summed E-state index contributed by atoms with van der Waals surface area (Å²) in [6.07, 6.45) is 0.940. The van der Waals surface area contributed by atoms with Gasteiger partial charge < -0.3 is 25.1 Å². The van der Waals surface area contributed by atoms with Gasteiger partial charge in [-0.15, -0.1) is 0 Å². The lowest BCUT2D eigenvalue weighted by atomic mass is 9.93. The molecule has 8 nitrogen and oxygen atoms in total. The zero-order valence-corrected chi connectivity index (χ0v) is 17.8. The van der Waals surface area contributed by atoms with Crippen molar-refractivity contribution in [3.05, 3.63) is 46.8 Å². The number of aromatic amines is 1. The lowest BCUT2D eigenvalue weighted by Crippen LogP contribution is -2.29. The maximum Gasteiger partial charge on any atom is 0.262 e. The highest BCUT2D eigenvalue weighted by molar-refractivity contribution is 5.87. The van der Waals surface area contributed by atoms with E-state index in [1.165, 1.54) is 7.11 Å². The number of fused-ring (bicyclic) bond motifs is 1. The van der Waals surface area contributed by atoms with Crippen LogP contribution in [0.2, 0.25) is 0 Å². The van der Waals surface area contributed by atoms with E-state index in [0.717, 1.165) is 30.8 Å². The Balaban J connectivity index is 1.62. The zero-order valence-electron chi connectivity index (χ0n) is 17.8. The van der Waals surface area contributed by atoms with Crippen LogP contribution in [0.15, 0.2) is 41.2 Å². The molecule has 0 radical (unpaired) electrons. The predicted octanol–water partition coefficient (Wildman–Crippen LogP) is 2.56. The van der Waals surface area contributed by atoms with Crippen LogP contribution in [0, 0.1) is 11.8 Å². The third-order valence-corrected chi connectivity index (χ3v) is 6.09. The first-order chi connectivity index (χ1) is 14.9. The molecular weight excluding hydrogens is 396 g/mol. The molecule has 2 unspecified atom stereocenters. The number of hydrogen-bond donors (Lipinski definition) is 2. The van der Waals surface area contributed by atoms with Crippen molar-refractivity contribution < 1.29 is 14.3 Å². The van der Waals surface area contributed by atoms with Gasteiger partial charge in [0.25, 0.3) is 5.56 Å². The van der Waals surface area contributed by atoms with Crippen LogP contribution in [0.1, 0.15) is 13.3 Å². The van der Waals surface area contributed by atoms with E-state index in [1.54, 1.807) is 19.2 Å². The minimum Gasteiger partial charge on any atom is -0.497 e. The largest absolute Gasteiger partial charge is 0.497 e. The standard InChI is InChI=1S/C23H26N4O4/c1-13(21(24)28)15-8-9-27(12-15)16-6-4-14(5-7-16)22-25-18-10-17(30-2)11-19(31-3)20(18)23(29)26-22/h4-7,10-11,13,15H,8-9,12H2,1-3H3,(H2,24,28)(H,25,26,29). The number of ether oxygens (including phenoxy) is 2. The summed E-state index contributed by atoms with van der Waals surface area (Å²) in [6, 6.07) is 11.3. The number of rotatable bonds is 6. The molecule has 1 aliphatic rings. The summed E-state index contributed by atoms with van der Waals surface area (Å²) in [4.78, 5) is 33.9. The second-order valence-electron chi connectivity index (χ2n) is 7.87.